The highest BCUT2D eigenvalue weighted by Gasteiger charge is 2.03. The van der Waals surface area contributed by atoms with Gasteiger partial charge in [0.15, 0.2) is 11.5 Å². The summed E-state index contributed by atoms with van der Waals surface area (Å²) in [5, 5.41) is 31.3. The molecule has 0 saturated heterocycles. The molecule has 6 heteroatoms. The van der Waals surface area contributed by atoms with Gasteiger partial charge in [0.2, 0.25) is 0 Å². The van der Waals surface area contributed by atoms with Crippen LogP contribution in [0.25, 0.3) is 0 Å². The van der Waals surface area contributed by atoms with Crippen LogP contribution in [0.3, 0.4) is 0 Å². The predicted octanol–water partition coefficient (Wildman–Crippen LogP) is 1.57. The lowest BCUT2D eigenvalue weighted by molar-refractivity contribution is 0.0955. The number of phenolic OH excluding ortho intramolecular Hbond substituents is 3. The van der Waals surface area contributed by atoms with Gasteiger partial charge in [0.1, 0.15) is 5.75 Å². The first-order valence-electron chi connectivity index (χ1n) is 5.70. The van der Waals surface area contributed by atoms with Crippen LogP contribution < -0.4 is 5.43 Å². The minimum Gasteiger partial charge on any atom is -0.508 e. The van der Waals surface area contributed by atoms with E-state index in [1.807, 2.05) is 0 Å². The van der Waals surface area contributed by atoms with Gasteiger partial charge in [-0.15, -0.1) is 0 Å². The number of aromatic hydroxyl groups is 3. The molecule has 4 N–H and O–H groups in total. The SMILES string of the molecule is O=C(N/N=C/c1ccc(O)c(O)c1)c1ccc(O)cc1. The third-order valence-corrected chi connectivity index (χ3v) is 2.51. The summed E-state index contributed by atoms with van der Waals surface area (Å²) in [6.07, 6.45) is 1.33. The predicted molar refractivity (Wildman–Crippen MR) is 72.9 cm³/mol. The smallest absolute Gasteiger partial charge is 0.271 e. The Kier molecular flexibility index (Phi) is 3.85. The number of phenols is 3. The maximum Gasteiger partial charge on any atom is 0.271 e. The average molecular weight is 272 g/mol. The van der Waals surface area contributed by atoms with Crippen molar-refractivity contribution in [2.24, 2.45) is 5.10 Å². The molecule has 0 fully saturated rings. The van der Waals surface area contributed by atoms with E-state index in [2.05, 4.69) is 10.5 Å². The Morgan fingerprint density at radius 2 is 1.70 bits per heavy atom. The second-order valence-electron chi connectivity index (χ2n) is 3.99. The van der Waals surface area contributed by atoms with Crippen molar-refractivity contribution in [2.45, 2.75) is 0 Å². The summed E-state index contributed by atoms with van der Waals surface area (Å²) in [5.74, 6) is -0.844. The molecule has 0 aromatic heterocycles. The van der Waals surface area contributed by atoms with E-state index in [-0.39, 0.29) is 17.2 Å². The molecule has 0 aliphatic heterocycles. The van der Waals surface area contributed by atoms with Crippen LogP contribution in [0.1, 0.15) is 15.9 Å². The molecule has 0 spiro atoms. The number of rotatable bonds is 3. The van der Waals surface area contributed by atoms with Gasteiger partial charge in [0.05, 0.1) is 6.21 Å². The fraction of sp³-hybridized carbons (Fsp3) is 0. The zero-order chi connectivity index (χ0) is 14.5. The summed E-state index contributed by atoms with van der Waals surface area (Å²) in [7, 11) is 0. The minimum absolute atomic E-state index is 0.0737. The monoisotopic (exact) mass is 272 g/mol. The lowest BCUT2D eigenvalue weighted by atomic mass is 10.2. The molecular weight excluding hydrogens is 260 g/mol. The topological polar surface area (TPSA) is 102 Å². The molecule has 1 amide bonds. The van der Waals surface area contributed by atoms with Crippen molar-refractivity contribution in [1.29, 1.82) is 0 Å². The Morgan fingerprint density at radius 1 is 1.00 bits per heavy atom. The van der Waals surface area contributed by atoms with Crippen LogP contribution in [-0.4, -0.2) is 27.4 Å². The molecule has 0 aliphatic rings. The zero-order valence-corrected chi connectivity index (χ0v) is 10.3. The molecule has 0 bridgehead atoms. The van der Waals surface area contributed by atoms with E-state index >= 15 is 0 Å². The molecule has 2 aromatic carbocycles. The summed E-state index contributed by atoms with van der Waals surface area (Å²) in [4.78, 5) is 11.7. The first kappa shape index (κ1) is 13.4. The van der Waals surface area contributed by atoms with Crippen LogP contribution in [-0.2, 0) is 0 Å². The normalized spacial score (nSPS) is 10.6. The van der Waals surface area contributed by atoms with Gasteiger partial charge in [-0.2, -0.15) is 5.10 Å². The van der Waals surface area contributed by atoms with Crippen molar-refractivity contribution in [1.82, 2.24) is 5.43 Å². The van der Waals surface area contributed by atoms with Gasteiger partial charge in [0, 0.05) is 5.56 Å². The summed E-state index contributed by atoms with van der Waals surface area (Å²) < 4.78 is 0. The standard InChI is InChI=1S/C14H12N2O4/c17-11-4-2-10(3-5-11)14(20)16-15-8-9-1-6-12(18)13(19)7-9/h1-8,17-19H,(H,16,20)/b15-8+. The first-order valence-corrected chi connectivity index (χ1v) is 5.70. The van der Waals surface area contributed by atoms with E-state index in [1.54, 1.807) is 0 Å². The number of hydrogen-bond acceptors (Lipinski definition) is 5. The fourth-order valence-electron chi connectivity index (χ4n) is 1.46. The van der Waals surface area contributed by atoms with E-state index in [4.69, 9.17) is 10.2 Å². The molecule has 0 heterocycles. The fourth-order valence-corrected chi connectivity index (χ4v) is 1.46. The van der Waals surface area contributed by atoms with E-state index in [9.17, 15) is 9.90 Å². The zero-order valence-electron chi connectivity index (χ0n) is 10.3. The molecule has 0 atom stereocenters. The quantitative estimate of drug-likeness (QED) is 0.387. The van der Waals surface area contributed by atoms with Crippen molar-refractivity contribution in [3.63, 3.8) is 0 Å². The summed E-state index contributed by atoms with van der Waals surface area (Å²) >= 11 is 0. The molecule has 0 radical (unpaired) electrons. The van der Waals surface area contributed by atoms with Crippen LogP contribution >= 0.6 is 0 Å². The van der Waals surface area contributed by atoms with E-state index in [0.717, 1.165) is 0 Å². The summed E-state index contributed by atoms with van der Waals surface area (Å²) in [5.41, 5.74) is 3.18. The molecule has 2 aromatic rings. The van der Waals surface area contributed by atoms with Crippen molar-refractivity contribution < 1.29 is 20.1 Å². The minimum atomic E-state index is -0.427. The van der Waals surface area contributed by atoms with Gasteiger partial charge in [-0.3, -0.25) is 4.79 Å². The number of nitrogens with zero attached hydrogens (tertiary/aromatic N) is 1. The molecule has 0 aliphatic carbocycles. The number of hydrazone groups is 1. The van der Waals surface area contributed by atoms with Gasteiger partial charge >= 0.3 is 0 Å². The van der Waals surface area contributed by atoms with Gasteiger partial charge in [-0.05, 0) is 48.0 Å². The lowest BCUT2D eigenvalue weighted by Gasteiger charge is -2.00. The van der Waals surface area contributed by atoms with Gasteiger partial charge in [0.25, 0.3) is 5.91 Å². The van der Waals surface area contributed by atoms with Gasteiger partial charge in [-0.25, -0.2) is 5.43 Å². The van der Waals surface area contributed by atoms with Crippen molar-refractivity contribution in [3.05, 3.63) is 53.6 Å². The Labute approximate surface area is 114 Å². The van der Waals surface area contributed by atoms with Crippen LogP contribution in [0, 0.1) is 0 Å². The number of amides is 1. The second-order valence-corrected chi connectivity index (χ2v) is 3.99. The summed E-state index contributed by atoms with van der Waals surface area (Å²) in [6.45, 7) is 0. The highest BCUT2D eigenvalue weighted by Crippen LogP contribution is 2.23. The van der Waals surface area contributed by atoms with Crippen LogP contribution in [0.4, 0.5) is 0 Å². The highest BCUT2D eigenvalue weighted by molar-refractivity contribution is 5.95. The maximum atomic E-state index is 11.7. The average Bonchev–Trinajstić information content (AvgIpc) is 2.43. The highest BCUT2D eigenvalue weighted by atomic mass is 16.3. The van der Waals surface area contributed by atoms with Crippen molar-refractivity contribution in [2.75, 3.05) is 0 Å². The first-order chi connectivity index (χ1) is 9.56. The maximum absolute atomic E-state index is 11.7. The Hall–Kier alpha value is -3.02. The largest absolute Gasteiger partial charge is 0.508 e. The van der Waals surface area contributed by atoms with Crippen LogP contribution in [0.15, 0.2) is 47.6 Å². The molecular formula is C14H12N2O4. The van der Waals surface area contributed by atoms with E-state index in [1.165, 1.54) is 48.7 Å². The second kappa shape index (κ2) is 5.75. The number of carbonyl (C=O) groups is 1. The number of hydrogen-bond donors (Lipinski definition) is 4. The molecule has 0 unspecified atom stereocenters. The van der Waals surface area contributed by atoms with Gasteiger partial charge < -0.3 is 15.3 Å². The Balaban J connectivity index is 2.00. The Morgan fingerprint density at radius 3 is 2.35 bits per heavy atom. The molecule has 102 valence electrons. The molecule has 2 rings (SSSR count). The number of benzene rings is 2. The van der Waals surface area contributed by atoms with Gasteiger partial charge in [-0.1, -0.05) is 0 Å². The molecule has 20 heavy (non-hydrogen) atoms. The number of nitrogens with one attached hydrogen (secondary N) is 1. The lowest BCUT2D eigenvalue weighted by Crippen LogP contribution is -2.17. The number of carbonyl (C=O) groups excluding carboxylic acids is 1. The van der Waals surface area contributed by atoms with E-state index in [0.29, 0.717) is 11.1 Å². The van der Waals surface area contributed by atoms with Crippen LogP contribution in [0.5, 0.6) is 17.2 Å². The summed E-state index contributed by atoms with van der Waals surface area (Å²) in [6, 6.07) is 9.89. The van der Waals surface area contributed by atoms with Crippen molar-refractivity contribution in [3.8, 4) is 17.2 Å². The van der Waals surface area contributed by atoms with Crippen molar-refractivity contribution >= 4 is 12.1 Å². The molecule has 0 saturated carbocycles. The molecule has 6 nitrogen and oxygen atoms in total. The third-order valence-electron chi connectivity index (χ3n) is 2.51. The van der Waals surface area contributed by atoms with Crippen LogP contribution in [0.2, 0.25) is 0 Å². The Bertz CT molecular complexity index is 651. The third kappa shape index (κ3) is 3.26. The van der Waals surface area contributed by atoms with E-state index < -0.39 is 5.91 Å².